The van der Waals surface area contributed by atoms with Crippen LogP contribution in [-0.4, -0.2) is 57.9 Å². The predicted molar refractivity (Wildman–Crippen MR) is 105 cm³/mol. The van der Waals surface area contributed by atoms with Gasteiger partial charge in [-0.05, 0) is 48.0 Å². The third kappa shape index (κ3) is 4.49. The van der Waals surface area contributed by atoms with Crippen LogP contribution in [0.2, 0.25) is 5.02 Å². The van der Waals surface area contributed by atoms with Crippen LogP contribution in [-0.2, 0) is 11.1 Å². The molecule has 1 fully saturated rings. The fourth-order valence-corrected chi connectivity index (χ4v) is 2.29. The third-order valence-electron chi connectivity index (χ3n) is 3.44. The van der Waals surface area contributed by atoms with Crippen molar-refractivity contribution in [1.82, 2.24) is 0 Å². The summed E-state index contributed by atoms with van der Waals surface area (Å²) in [6, 6.07) is -8.99. The molecule has 1 heterocycles. The lowest BCUT2D eigenvalue weighted by Crippen LogP contribution is -2.55. The van der Waals surface area contributed by atoms with Crippen LogP contribution in [0.15, 0.2) is 42.3 Å². The van der Waals surface area contributed by atoms with Gasteiger partial charge >= 0.3 is 0 Å². The van der Waals surface area contributed by atoms with E-state index in [9.17, 15) is 20.4 Å². The quantitative estimate of drug-likeness (QED) is 0.562. The van der Waals surface area contributed by atoms with Crippen molar-refractivity contribution in [3.05, 3.63) is 64.0 Å². The second kappa shape index (κ2) is 9.22. The second-order valence-corrected chi connectivity index (χ2v) is 5.55. The summed E-state index contributed by atoms with van der Waals surface area (Å²) in [6.07, 6.45) is -22.0. The summed E-state index contributed by atoms with van der Waals surface area (Å²) in [7, 11) is 0. The van der Waals surface area contributed by atoms with Crippen LogP contribution >= 0.6 is 11.6 Å². The fourth-order valence-electron chi connectivity index (χ4n) is 2.15. The van der Waals surface area contributed by atoms with Crippen molar-refractivity contribution in [3.63, 3.8) is 0 Å². The Balaban J connectivity index is 2.40. The first-order valence-corrected chi connectivity index (χ1v) is 7.83. The molecule has 0 saturated carbocycles. The average molecular weight is 427 g/mol. The lowest BCUT2D eigenvalue weighted by atomic mass is 9.90. The van der Waals surface area contributed by atoms with Crippen LogP contribution in [0.1, 0.15) is 54.3 Å². The molecule has 2 aromatic carbocycles. The van der Waals surface area contributed by atoms with E-state index in [1.165, 1.54) is 0 Å². The van der Waals surface area contributed by atoms with E-state index in [1.54, 1.807) is 0 Å². The Bertz CT molecular complexity index is 1550. The van der Waals surface area contributed by atoms with E-state index in [-0.39, 0.29) is 0 Å². The Labute approximate surface area is 194 Å². The van der Waals surface area contributed by atoms with Crippen molar-refractivity contribution in [3.8, 4) is 5.75 Å². The van der Waals surface area contributed by atoms with Crippen LogP contribution in [0.25, 0.3) is 0 Å². The van der Waals surface area contributed by atoms with E-state index in [1.807, 2.05) is 0 Å². The highest BCUT2D eigenvalue weighted by atomic mass is 35.5. The number of ether oxygens (including phenoxy) is 2. The van der Waals surface area contributed by atoms with Gasteiger partial charge < -0.3 is 29.9 Å². The number of hydrogen-bond donors (Lipinski definition) is 4. The molecule has 6 nitrogen and oxygen atoms in total. The van der Waals surface area contributed by atoms with Crippen molar-refractivity contribution in [2.75, 3.05) is 13.2 Å². The number of halogens is 1. The van der Waals surface area contributed by atoms with Gasteiger partial charge in [0.25, 0.3) is 0 Å². The third-order valence-corrected chi connectivity index (χ3v) is 3.72. The molecule has 3 rings (SSSR count). The first-order chi connectivity index (χ1) is 20.4. The van der Waals surface area contributed by atoms with Crippen LogP contribution in [0.3, 0.4) is 0 Å². The summed E-state index contributed by atoms with van der Waals surface area (Å²) in [6.45, 7) is -8.72. The fraction of sp³-hybridized carbons (Fsp3) is 0.429. The highest BCUT2D eigenvalue weighted by molar-refractivity contribution is 6.31. The molecule has 1 aliphatic rings. The standard InChI is InChI=1S/C21H25ClO6/c1-2-27-15-6-3-12(4-7-15)9-14-10-13(5-8-16(14)22)21-20(26)19(25)18(24)17(11-23)28-21/h3-8,10,17-21,23-26H,2,9,11H2,1H3/t17-,18-,19+,20-,21+/m1/s1/i1D3,2D2,3D,4D,5D,6D,7D,8D,9D2,10D,17D,18D,19D,20D. The van der Waals surface area contributed by atoms with Crippen molar-refractivity contribution < 1.29 is 54.6 Å². The molecular weight excluding hydrogens is 384 g/mol. The molecule has 0 aromatic heterocycles. The molecule has 0 amide bonds. The van der Waals surface area contributed by atoms with E-state index >= 15 is 0 Å². The summed E-state index contributed by atoms with van der Waals surface area (Å²) in [5.41, 5.74) is -3.73. The van der Waals surface area contributed by atoms with Gasteiger partial charge in [-0.25, -0.2) is 0 Å². The van der Waals surface area contributed by atoms with Gasteiger partial charge in [0.05, 0.1) is 31.0 Å². The van der Waals surface area contributed by atoms with Gasteiger partial charge in [0.15, 0.2) is 0 Å². The molecule has 0 radical (unpaired) electrons. The average Bonchev–Trinajstić information content (AvgIpc) is 2.90. The largest absolute Gasteiger partial charge is 0.494 e. The molecule has 152 valence electrons. The zero-order chi connectivity index (χ0) is 36.1. The maximum Gasteiger partial charge on any atom is 0.119 e. The van der Waals surface area contributed by atoms with E-state index < -0.39 is 127 Å². The number of hydrogen-bond acceptors (Lipinski definition) is 6. The smallest absolute Gasteiger partial charge is 0.119 e. The minimum Gasteiger partial charge on any atom is -0.494 e. The summed E-state index contributed by atoms with van der Waals surface area (Å²) < 4.78 is 155. The Morgan fingerprint density at radius 3 is 2.61 bits per heavy atom. The molecule has 0 spiro atoms. The normalized spacial score (nSPS) is 48.8. The summed E-state index contributed by atoms with van der Waals surface area (Å²) >= 11 is 6.15. The number of aliphatic hydroxyl groups is 4. The molecule has 28 heavy (non-hydrogen) atoms. The highest BCUT2D eigenvalue weighted by Crippen LogP contribution is 2.34. The molecule has 4 N–H and O–H groups in total. The van der Waals surface area contributed by atoms with Crippen molar-refractivity contribution >= 4 is 11.6 Å². The van der Waals surface area contributed by atoms with E-state index in [2.05, 4.69) is 4.74 Å². The molecule has 1 saturated heterocycles. The SMILES string of the molecule is [2H]c1c([2H])c([C@@H]2O[C@]([2H])(CO)[C@@]([2H])(O)[C@]([2H])(O)[C@@]2([2H])O)c([2H])c(C([2H])([2H])c2c([2H])c([2H])c(OC([2H])([2H])C([2H])([2H])[2H])c([2H])c2[2H])c1Cl. The Morgan fingerprint density at radius 2 is 1.93 bits per heavy atom. The van der Waals surface area contributed by atoms with Crippen molar-refractivity contribution in [2.24, 2.45) is 0 Å². The monoisotopic (exact) mass is 426 g/mol. The zero-order valence-corrected chi connectivity index (χ0v) is 14.5. The van der Waals surface area contributed by atoms with E-state index in [0.717, 1.165) is 0 Å². The van der Waals surface area contributed by atoms with Gasteiger partial charge in [-0.3, -0.25) is 0 Å². The molecule has 1 aliphatic heterocycles. The maximum absolute atomic E-state index is 10.9. The van der Waals surface area contributed by atoms with Crippen molar-refractivity contribution in [2.45, 2.75) is 43.6 Å². The first-order valence-electron chi connectivity index (χ1n) is 16.5. The topological polar surface area (TPSA) is 99.4 Å². The highest BCUT2D eigenvalue weighted by Gasteiger charge is 2.43. The van der Waals surface area contributed by atoms with Gasteiger partial charge in [-0.2, -0.15) is 0 Å². The summed E-state index contributed by atoms with van der Waals surface area (Å²) in [4.78, 5) is 0. The predicted octanol–water partition coefficient (Wildman–Crippen LogP) is 1.84. The Kier molecular flexibility index (Phi) is 2.59. The Hall–Kier alpha value is -1.67. The lowest BCUT2D eigenvalue weighted by molar-refractivity contribution is -0.231. The molecule has 7 heteroatoms. The molecular formula is C21H25ClO6. The summed E-state index contributed by atoms with van der Waals surface area (Å²) in [5.74, 6) is -1.24. The van der Waals surface area contributed by atoms with Gasteiger partial charge in [0, 0.05) is 11.9 Å². The van der Waals surface area contributed by atoms with Crippen LogP contribution in [0, 0.1) is 0 Å². The maximum atomic E-state index is 10.9. The van der Waals surface area contributed by atoms with Crippen LogP contribution in [0.4, 0.5) is 0 Å². The summed E-state index contributed by atoms with van der Waals surface area (Å²) in [5, 5.41) is 40.4. The van der Waals surface area contributed by atoms with Gasteiger partial charge in [0.2, 0.25) is 0 Å². The van der Waals surface area contributed by atoms with Gasteiger partial charge in [-0.15, -0.1) is 0 Å². The first kappa shape index (κ1) is 7.87. The van der Waals surface area contributed by atoms with Crippen molar-refractivity contribution in [1.29, 1.82) is 0 Å². The number of benzene rings is 2. The molecule has 0 unspecified atom stereocenters. The molecule has 5 atom stereocenters. The second-order valence-electron chi connectivity index (χ2n) is 5.17. The minimum atomic E-state index is -4.16. The van der Waals surface area contributed by atoms with Gasteiger partial charge in [0.1, 0.15) is 36.2 Å². The van der Waals surface area contributed by atoms with Crippen LogP contribution in [0.5, 0.6) is 5.75 Å². The minimum absolute atomic E-state index is 1.07. The molecule has 0 bridgehead atoms. The number of aliphatic hydroxyl groups excluding tert-OH is 1. The van der Waals surface area contributed by atoms with E-state index in [4.69, 9.17) is 41.0 Å². The lowest BCUT2D eigenvalue weighted by Gasteiger charge is -2.40. The van der Waals surface area contributed by atoms with Gasteiger partial charge in [-0.1, -0.05) is 35.8 Å². The Morgan fingerprint density at radius 1 is 1.18 bits per heavy atom. The van der Waals surface area contributed by atoms with Crippen LogP contribution < -0.4 is 4.74 Å². The van der Waals surface area contributed by atoms with E-state index in [0.29, 0.717) is 0 Å². The molecule has 0 aliphatic carbocycles. The molecule has 2 aromatic rings. The zero-order valence-electron chi connectivity index (χ0n) is 31.8. The number of rotatable bonds is 6.